The Bertz CT molecular complexity index is 1640. The smallest absolute Gasteiger partial charge is 0.406 e. The van der Waals surface area contributed by atoms with Crippen LogP contribution in [0.5, 0.6) is 11.5 Å². The first kappa shape index (κ1) is 35.7. The van der Waals surface area contributed by atoms with Gasteiger partial charge in [0.2, 0.25) is 0 Å². The standard InChI is InChI=1S/C12H11BrF3NO2.C10H10BrNO2.C9H7BrFNO/c1-19-9-5-8(13)4-7-2-3-17(6-12(14,15)16)11(18)10(7)9;1-14-8-5-7(11)4-6-2-3-12-10(13)9(6)8;10-6-3-5-1-2-12-9(13)8(5)7(11)4-6/h4-5H,2-3,6H2,1H3;4-5H,2-3H2,1H3,(H,12,13);3-4H,1-2H2,(H,12,13). The molecule has 3 aromatic rings. The topological polar surface area (TPSA) is 97.0 Å². The van der Waals surface area contributed by atoms with Gasteiger partial charge in [0.1, 0.15) is 23.9 Å². The van der Waals surface area contributed by atoms with Crippen molar-refractivity contribution in [3.8, 4) is 11.5 Å². The quantitative estimate of drug-likeness (QED) is 0.289. The number of nitrogens with zero attached hydrogens (tertiary/aromatic N) is 1. The summed E-state index contributed by atoms with van der Waals surface area (Å²) in [7, 11) is 2.96. The van der Waals surface area contributed by atoms with Gasteiger partial charge in [-0.2, -0.15) is 13.2 Å². The van der Waals surface area contributed by atoms with Crippen LogP contribution in [-0.4, -0.2) is 69.2 Å². The largest absolute Gasteiger partial charge is 0.496 e. The third-order valence-electron chi connectivity index (χ3n) is 7.21. The zero-order valence-corrected chi connectivity index (χ0v) is 29.3. The second kappa shape index (κ2) is 15.2. The highest BCUT2D eigenvalue weighted by molar-refractivity contribution is 9.11. The molecule has 2 N–H and O–H groups in total. The Labute approximate surface area is 287 Å². The Kier molecular flexibility index (Phi) is 11.8. The van der Waals surface area contributed by atoms with Crippen molar-refractivity contribution < 1.29 is 41.4 Å². The monoisotopic (exact) mass is 835 g/mol. The van der Waals surface area contributed by atoms with Crippen molar-refractivity contribution in [1.82, 2.24) is 15.5 Å². The average Bonchev–Trinajstić information content (AvgIpc) is 2.97. The predicted molar refractivity (Wildman–Crippen MR) is 173 cm³/mol. The second-order valence-electron chi connectivity index (χ2n) is 10.3. The summed E-state index contributed by atoms with van der Waals surface area (Å²) in [5.41, 5.74) is 3.60. The fourth-order valence-corrected chi connectivity index (χ4v) is 6.69. The number of hydrogen-bond acceptors (Lipinski definition) is 5. The molecule has 3 heterocycles. The molecule has 0 aromatic heterocycles. The van der Waals surface area contributed by atoms with E-state index < -0.39 is 24.4 Å². The van der Waals surface area contributed by atoms with Gasteiger partial charge in [-0.25, -0.2) is 4.39 Å². The van der Waals surface area contributed by atoms with Crippen molar-refractivity contribution in [2.75, 3.05) is 40.4 Å². The maximum Gasteiger partial charge on any atom is 0.406 e. The van der Waals surface area contributed by atoms with E-state index in [1.165, 1.54) is 13.2 Å². The number of carbonyl (C=O) groups excluding carboxylic acids is 3. The lowest BCUT2D eigenvalue weighted by Gasteiger charge is -2.30. The highest BCUT2D eigenvalue weighted by atomic mass is 79.9. The zero-order valence-electron chi connectivity index (χ0n) is 24.5. The molecule has 6 rings (SSSR count). The highest BCUT2D eigenvalue weighted by Crippen LogP contribution is 2.33. The van der Waals surface area contributed by atoms with Crippen molar-refractivity contribution in [2.45, 2.75) is 25.4 Å². The van der Waals surface area contributed by atoms with Crippen LogP contribution in [0.15, 0.2) is 49.8 Å². The Morgan fingerprint density at radius 1 is 0.717 bits per heavy atom. The number of halogens is 7. The van der Waals surface area contributed by atoms with Crippen LogP contribution in [0, 0.1) is 5.82 Å². The molecule has 15 heteroatoms. The van der Waals surface area contributed by atoms with Gasteiger partial charge < -0.3 is 25.0 Å². The highest BCUT2D eigenvalue weighted by Gasteiger charge is 2.37. The number of methoxy groups -OCH3 is 2. The molecule has 0 saturated heterocycles. The Hall–Kier alpha value is -3.17. The lowest BCUT2D eigenvalue weighted by molar-refractivity contribution is -0.141. The van der Waals surface area contributed by atoms with Crippen molar-refractivity contribution in [3.63, 3.8) is 0 Å². The third kappa shape index (κ3) is 8.59. The number of ether oxygens (including phenoxy) is 2. The molecule has 0 radical (unpaired) electrons. The molecule has 0 aliphatic carbocycles. The molecule has 0 bridgehead atoms. The van der Waals surface area contributed by atoms with Crippen LogP contribution in [0.25, 0.3) is 0 Å². The van der Waals surface area contributed by atoms with Crippen molar-refractivity contribution in [1.29, 1.82) is 0 Å². The number of amides is 3. The van der Waals surface area contributed by atoms with E-state index in [-0.39, 0.29) is 29.5 Å². The lowest BCUT2D eigenvalue weighted by Crippen LogP contribution is -2.43. The van der Waals surface area contributed by atoms with E-state index >= 15 is 0 Å². The molecule has 3 aliphatic rings. The van der Waals surface area contributed by atoms with Gasteiger partial charge in [-0.05, 0) is 72.4 Å². The van der Waals surface area contributed by atoms with Gasteiger partial charge in [-0.15, -0.1) is 0 Å². The molecular formula is C31H28Br3F4N3O5. The Balaban J connectivity index is 0.000000160. The SMILES string of the molecule is COc1cc(Br)cc2c1C(=O)N(CC(F)(F)F)CC2.COc1cc(Br)cc2c1C(=O)NCC2.O=C1NCCc2cc(Br)cc(F)c21. The number of nitrogens with one attached hydrogen (secondary N) is 2. The summed E-state index contributed by atoms with van der Waals surface area (Å²) in [6.07, 6.45) is -2.46. The molecule has 0 fully saturated rings. The third-order valence-corrected chi connectivity index (χ3v) is 8.58. The lowest BCUT2D eigenvalue weighted by atomic mass is 9.98. The van der Waals surface area contributed by atoms with Gasteiger partial charge >= 0.3 is 6.18 Å². The van der Waals surface area contributed by atoms with Crippen molar-refractivity contribution >= 4 is 65.5 Å². The van der Waals surface area contributed by atoms with Crippen LogP contribution in [0.4, 0.5) is 17.6 Å². The number of benzene rings is 3. The molecule has 0 atom stereocenters. The number of alkyl halides is 3. The van der Waals surface area contributed by atoms with Crippen LogP contribution in [0.3, 0.4) is 0 Å². The number of fused-ring (bicyclic) bond motifs is 3. The minimum absolute atomic E-state index is 0.0457. The predicted octanol–water partition coefficient (Wildman–Crippen LogP) is 6.64. The van der Waals surface area contributed by atoms with Crippen LogP contribution in [0.2, 0.25) is 0 Å². The van der Waals surface area contributed by atoms with Crippen molar-refractivity contribution in [2.24, 2.45) is 0 Å². The summed E-state index contributed by atoms with van der Waals surface area (Å²) >= 11 is 9.86. The summed E-state index contributed by atoms with van der Waals surface area (Å²) < 4.78 is 63.1. The maximum absolute atomic E-state index is 13.3. The normalized spacial score (nSPS) is 15.1. The van der Waals surface area contributed by atoms with E-state index in [0.29, 0.717) is 53.0 Å². The first-order chi connectivity index (χ1) is 21.7. The van der Waals surface area contributed by atoms with E-state index in [9.17, 15) is 31.9 Å². The summed E-state index contributed by atoms with van der Waals surface area (Å²) in [6.45, 7) is 0.114. The summed E-state index contributed by atoms with van der Waals surface area (Å²) in [5.74, 6) is -0.529. The minimum Gasteiger partial charge on any atom is -0.496 e. The Morgan fingerprint density at radius 3 is 1.70 bits per heavy atom. The zero-order chi connectivity index (χ0) is 33.8. The van der Waals surface area contributed by atoms with Crippen LogP contribution in [-0.2, 0) is 19.3 Å². The van der Waals surface area contributed by atoms with Gasteiger partial charge in [0.05, 0.1) is 30.9 Å². The number of carbonyl (C=O) groups is 3. The molecule has 46 heavy (non-hydrogen) atoms. The van der Waals surface area contributed by atoms with Gasteiger partial charge in [0.25, 0.3) is 17.7 Å². The minimum atomic E-state index is -4.39. The van der Waals surface area contributed by atoms with E-state index in [1.807, 2.05) is 12.1 Å². The van der Waals surface area contributed by atoms with E-state index in [4.69, 9.17) is 9.47 Å². The molecule has 0 saturated carbocycles. The summed E-state index contributed by atoms with van der Waals surface area (Å²) in [5, 5.41) is 5.40. The average molecular weight is 838 g/mol. The van der Waals surface area contributed by atoms with Crippen molar-refractivity contribution in [3.05, 3.63) is 89.0 Å². The molecule has 3 amide bonds. The Morgan fingerprint density at radius 2 is 1.17 bits per heavy atom. The second-order valence-corrected chi connectivity index (χ2v) is 13.1. The van der Waals surface area contributed by atoms with Crippen LogP contribution >= 0.6 is 47.8 Å². The van der Waals surface area contributed by atoms with Crippen LogP contribution in [0.1, 0.15) is 47.8 Å². The molecule has 0 unspecified atom stereocenters. The maximum atomic E-state index is 13.3. The molecule has 246 valence electrons. The van der Waals surface area contributed by atoms with Crippen LogP contribution < -0.4 is 20.1 Å². The van der Waals surface area contributed by atoms with E-state index in [1.54, 1.807) is 25.3 Å². The molecule has 8 nitrogen and oxygen atoms in total. The summed E-state index contributed by atoms with van der Waals surface area (Å²) in [6, 6.07) is 10.2. The first-order valence-electron chi connectivity index (χ1n) is 13.9. The fourth-order valence-electron chi connectivity index (χ4n) is 5.25. The first-order valence-corrected chi connectivity index (χ1v) is 16.2. The van der Waals surface area contributed by atoms with Gasteiger partial charge in [0, 0.05) is 33.1 Å². The van der Waals surface area contributed by atoms with Gasteiger partial charge in [-0.3, -0.25) is 14.4 Å². The molecule has 3 aliphatic heterocycles. The molecule has 0 spiro atoms. The fraction of sp³-hybridized carbons (Fsp3) is 0.323. The number of hydrogen-bond donors (Lipinski definition) is 2. The molecular weight excluding hydrogens is 810 g/mol. The number of rotatable bonds is 3. The van der Waals surface area contributed by atoms with Gasteiger partial charge in [0.15, 0.2) is 0 Å². The van der Waals surface area contributed by atoms with E-state index in [0.717, 1.165) is 31.4 Å². The van der Waals surface area contributed by atoms with Gasteiger partial charge in [-0.1, -0.05) is 47.8 Å². The molecule has 3 aromatic carbocycles. The van der Waals surface area contributed by atoms with E-state index in [2.05, 4.69) is 58.4 Å². The summed E-state index contributed by atoms with van der Waals surface area (Å²) in [4.78, 5) is 35.7.